The number of hydrogen-bond acceptors (Lipinski definition) is 4. The molecule has 1 aromatic carbocycles. The van der Waals surface area contributed by atoms with E-state index < -0.39 is 17.8 Å². The summed E-state index contributed by atoms with van der Waals surface area (Å²) in [5.41, 5.74) is 1.11. The second-order valence-electron chi connectivity index (χ2n) is 6.50. The predicted octanol–water partition coefficient (Wildman–Crippen LogP) is 2.01. The topological polar surface area (TPSA) is 70.1 Å². The smallest absolute Gasteiger partial charge is 0.307 e. The Hall–Kier alpha value is -2.50. The Morgan fingerprint density at radius 1 is 1.00 bits per heavy atom. The first-order valence-electron chi connectivity index (χ1n) is 8.65. The first-order chi connectivity index (χ1) is 12.1. The molecule has 3 rings (SSSR count). The van der Waals surface area contributed by atoms with Crippen molar-refractivity contribution in [3.63, 3.8) is 0 Å². The van der Waals surface area contributed by atoms with E-state index in [-0.39, 0.29) is 5.91 Å². The molecule has 6 nitrogen and oxygen atoms in total. The monoisotopic (exact) mass is 344 g/mol. The van der Waals surface area contributed by atoms with Gasteiger partial charge in [-0.05, 0) is 37.1 Å². The highest BCUT2D eigenvalue weighted by atomic mass is 16.5. The summed E-state index contributed by atoms with van der Waals surface area (Å²) in [6, 6.07) is 7.89. The summed E-state index contributed by atoms with van der Waals surface area (Å²) in [7, 11) is 1.64. The van der Waals surface area contributed by atoms with Crippen molar-refractivity contribution >= 4 is 17.6 Å². The molecule has 2 aliphatic rings. The Balaban J connectivity index is 1.60. The lowest BCUT2D eigenvalue weighted by Gasteiger charge is -2.38. The Labute approximate surface area is 147 Å². The average Bonchev–Trinajstić information content (AvgIpc) is 2.67. The lowest BCUT2D eigenvalue weighted by Crippen LogP contribution is -2.52. The molecular weight excluding hydrogens is 320 g/mol. The zero-order valence-electron chi connectivity index (χ0n) is 14.4. The van der Waals surface area contributed by atoms with Crippen LogP contribution in [-0.4, -0.2) is 55.2 Å². The standard InChI is InChI=1S/C19H24N2O4/c1-25-15-8-6-14(7-9-15)20-10-12-21(13-11-20)18(22)16-4-2-3-5-17(16)19(23)24/h2-3,6-9,16-17H,4-5,10-13H2,1H3,(H,23,24). The van der Waals surface area contributed by atoms with Gasteiger partial charge in [0.25, 0.3) is 0 Å². The third-order valence-corrected chi connectivity index (χ3v) is 5.10. The molecule has 0 radical (unpaired) electrons. The summed E-state index contributed by atoms with van der Waals surface area (Å²) in [6.45, 7) is 2.74. The minimum Gasteiger partial charge on any atom is -0.497 e. The Bertz CT molecular complexity index is 648. The number of piperazine rings is 1. The fourth-order valence-electron chi connectivity index (χ4n) is 3.57. The molecule has 1 aromatic rings. The van der Waals surface area contributed by atoms with Crippen molar-refractivity contribution in [3.05, 3.63) is 36.4 Å². The van der Waals surface area contributed by atoms with E-state index in [4.69, 9.17) is 4.74 Å². The number of aliphatic carboxylic acids is 1. The van der Waals surface area contributed by atoms with Gasteiger partial charge in [0.15, 0.2) is 0 Å². The van der Waals surface area contributed by atoms with Crippen molar-refractivity contribution in [2.75, 3.05) is 38.2 Å². The molecule has 1 amide bonds. The fraction of sp³-hybridized carbons (Fsp3) is 0.474. The van der Waals surface area contributed by atoms with Crippen LogP contribution in [0.15, 0.2) is 36.4 Å². The largest absolute Gasteiger partial charge is 0.497 e. The fourth-order valence-corrected chi connectivity index (χ4v) is 3.57. The highest BCUT2D eigenvalue weighted by Crippen LogP contribution is 2.28. The van der Waals surface area contributed by atoms with Crippen LogP contribution in [0, 0.1) is 11.8 Å². The van der Waals surface area contributed by atoms with Gasteiger partial charge >= 0.3 is 5.97 Å². The number of carboxylic acid groups (broad SMARTS) is 1. The number of amides is 1. The zero-order valence-corrected chi connectivity index (χ0v) is 14.4. The van der Waals surface area contributed by atoms with Gasteiger partial charge in [0.1, 0.15) is 5.75 Å². The molecule has 1 aliphatic heterocycles. The Morgan fingerprint density at radius 2 is 1.60 bits per heavy atom. The number of hydrogen-bond donors (Lipinski definition) is 1. The van der Waals surface area contributed by atoms with Crippen LogP contribution in [-0.2, 0) is 9.59 Å². The maximum atomic E-state index is 12.8. The average molecular weight is 344 g/mol. The molecule has 25 heavy (non-hydrogen) atoms. The highest BCUT2D eigenvalue weighted by molar-refractivity contribution is 5.85. The van der Waals surface area contributed by atoms with Crippen molar-refractivity contribution in [3.8, 4) is 5.75 Å². The molecule has 0 saturated carbocycles. The molecule has 134 valence electrons. The van der Waals surface area contributed by atoms with Crippen LogP contribution >= 0.6 is 0 Å². The molecule has 2 atom stereocenters. The number of carboxylic acids is 1. The van der Waals surface area contributed by atoms with E-state index in [2.05, 4.69) is 4.90 Å². The summed E-state index contributed by atoms with van der Waals surface area (Å²) in [4.78, 5) is 28.3. The van der Waals surface area contributed by atoms with Gasteiger partial charge in [0.2, 0.25) is 5.91 Å². The van der Waals surface area contributed by atoms with E-state index in [1.165, 1.54) is 0 Å². The second-order valence-corrected chi connectivity index (χ2v) is 6.50. The number of benzene rings is 1. The lowest BCUT2D eigenvalue weighted by molar-refractivity contribution is -0.150. The highest BCUT2D eigenvalue weighted by Gasteiger charge is 2.37. The van der Waals surface area contributed by atoms with Crippen LogP contribution < -0.4 is 9.64 Å². The SMILES string of the molecule is COc1ccc(N2CCN(C(=O)C3CC=CCC3C(=O)O)CC2)cc1. The summed E-state index contributed by atoms with van der Waals surface area (Å²) >= 11 is 0. The van der Waals surface area contributed by atoms with Crippen molar-refractivity contribution in [2.45, 2.75) is 12.8 Å². The van der Waals surface area contributed by atoms with Crippen LogP contribution in [0.3, 0.4) is 0 Å². The second kappa shape index (κ2) is 7.59. The minimum absolute atomic E-state index is 0.0221. The summed E-state index contributed by atoms with van der Waals surface area (Å²) in [5, 5.41) is 9.37. The van der Waals surface area contributed by atoms with Gasteiger partial charge in [-0.25, -0.2) is 0 Å². The molecule has 0 aromatic heterocycles. The van der Waals surface area contributed by atoms with Gasteiger partial charge in [0, 0.05) is 31.9 Å². The predicted molar refractivity (Wildman–Crippen MR) is 94.8 cm³/mol. The van der Waals surface area contributed by atoms with Crippen molar-refractivity contribution in [1.29, 1.82) is 0 Å². The van der Waals surface area contributed by atoms with Gasteiger partial charge in [-0.2, -0.15) is 0 Å². The Morgan fingerprint density at radius 3 is 2.16 bits per heavy atom. The van der Waals surface area contributed by atoms with E-state index in [0.717, 1.165) is 24.5 Å². The molecule has 1 saturated heterocycles. The normalized spacial score (nSPS) is 23.4. The number of methoxy groups -OCH3 is 1. The van der Waals surface area contributed by atoms with Gasteiger partial charge in [0.05, 0.1) is 18.9 Å². The molecule has 0 bridgehead atoms. The maximum absolute atomic E-state index is 12.8. The molecule has 1 aliphatic carbocycles. The first-order valence-corrected chi connectivity index (χ1v) is 8.65. The van der Waals surface area contributed by atoms with Crippen LogP contribution in [0.25, 0.3) is 0 Å². The van der Waals surface area contributed by atoms with Crippen molar-refractivity contribution in [1.82, 2.24) is 4.90 Å². The summed E-state index contributed by atoms with van der Waals surface area (Å²) in [5.74, 6) is -1.11. The van der Waals surface area contributed by atoms with Gasteiger partial charge in [-0.15, -0.1) is 0 Å². The maximum Gasteiger partial charge on any atom is 0.307 e. The van der Waals surface area contributed by atoms with Crippen LogP contribution in [0.5, 0.6) is 5.75 Å². The molecule has 1 fully saturated rings. The van der Waals surface area contributed by atoms with Crippen molar-refractivity contribution in [2.24, 2.45) is 11.8 Å². The first kappa shape index (κ1) is 17.3. The molecule has 6 heteroatoms. The van der Waals surface area contributed by atoms with E-state index in [1.54, 1.807) is 7.11 Å². The third-order valence-electron chi connectivity index (χ3n) is 5.10. The summed E-state index contributed by atoms with van der Waals surface area (Å²) < 4.78 is 5.18. The summed E-state index contributed by atoms with van der Waals surface area (Å²) in [6.07, 6.45) is 4.76. The third kappa shape index (κ3) is 3.78. The molecule has 1 heterocycles. The van der Waals surface area contributed by atoms with Gasteiger partial charge < -0.3 is 19.6 Å². The number of carbonyl (C=O) groups excluding carboxylic acids is 1. The number of allylic oxidation sites excluding steroid dienone is 2. The van der Waals surface area contributed by atoms with Gasteiger partial charge in [-0.1, -0.05) is 12.2 Å². The molecular formula is C19H24N2O4. The van der Waals surface area contributed by atoms with Crippen molar-refractivity contribution < 1.29 is 19.4 Å². The van der Waals surface area contributed by atoms with Crippen LogP contribution in [0.4, 0.5) is 5.69 Å². The minimum atomic E-state index is -0.875. The van der Waals surface area contributed by atoms with E-state index >= 15 is 0 Å². The quantitative estimate of drug-likeness (QED) is 0.846. The van der Waals surface area contributed by atoms with E-state index in [0.29, 0.717) is 25.9 Å². The Kier molecular flexibility index (Phi) is 5.26. The number of carbonyl (C=O) groups is 2. The zero-order chi connectivity index (χ0) is 17.8. The molecule has 0 spiro atoms. The van der Waals surface area contributed by atoms with Crippen LogP contribution in [0.1, 0.15) is 12.8 Å². The number of ether oxygens (including phenoxy) is 1. The van der Waals surface area contributed by atoms with Crippen LogP contribution in [0.2, 0.25) is 0 Å². The molecule has 2 unspecified atom stereocenters. The van der Waals surface area contributed by atoms with Gasteiger partial charge in [-0.3, -0.25) is 9.59 Å². The number of rotatable bonds is 4. The van der Waals surface area contributed by atoms with E-state index in [9.17, 15) is 14.7 Å². The lowest BCUT2D eigenvalue weighted by atomic mass is 9.82. The number of anilines is 1. The molecule has 1 N–H and O–H groups in total. The number of nitrogens with zero attached hydrogens (tertiary/aromatic N) is 2. The van der Waals surface area contributed by atoms with E-state index in [1.807, 2.05) is 41.3 Å².